The number of benzene rings is 10. The summed E-state index contributed by atoms with van der Waals surface area (Å²) in [7, 11) is 0. The van der Waals surface area contributed by atoms with Gasteiger partial charge in [-0.25, -0.2) is 0 Å². The molecule has 0 bridgehead atoms. The van der Waals surface area contributed by atoms with Crippen LogP contribution in [0, 0.1) is 0 Å². The van der Waals surface area contributed by atoms with Crippen molar-refractivity contribution in [3.05, 3.63) is 214 Å². The largest absolute Gasteiger partial charge is 0.151 e. The molecule has 0 nitrogen and oxygen atoms in total. The monoisotopic (exact) mass is 852 g/mol. The number of rotatable bonds is 6. The molecule has 10 aromatic carbocycles. The van der Waals surface area contributed by atoms with Gasteiger partial charge in [-0.2, -0.15) is 34.0 Å². The summed E-state index contributed by atoms with van der Waals surface area (Å²) in [5.41, 5.74) is 15.0. The Hall–Kier alpha value is -7.14. The van der Waals surface area contributed by atoms with E-state index in [9.17, 15) is 0 Å². The summed E-state index contributed by atoms with van der Waals surface area (Å²) in [4.78, 5) is 0. The zero-order valence-electron chi connectivity index (χ0n) is 34.0. The first-order valence-electron chi connectivity index (χ1n) is 21.3. The molecule has 0 aliphatic carbocycles. The van der Waals surface area contributed by atoms with Crippen LogP contribution in [-0.4, -0.2) is 0 Å². The zero-order chi connectivity index (χ0) is 41.4. The summed E-state index contributed by atoms with van der Waals surface area (Å²) < 4.78 is 0. The van der Waals surface area contributed by atoms with Crippen LogP contribution in [0.15, 0.2) is 214 Å². The third kappa shape index (κ3) is 6.15. The number of hydrogen-bond donors (Lipinski definition) is 0. The molecule has 294 valence electrons. The fraction of sp³-hybridized carbons (Fsp3) is 0. The van der Waals surface area contributed by atoms with Gasteiger partial charge >= 0.3 is 0 Å². The first-order chi connectivity index (χ1) is 31.2. The topological polar surface area (TPSA) is 0 Å². The Morgan fingerprint density at radius 2 is 0.444 bits per heavy atom. The van der Waals surface area contributed by atoms with E-state index >= 15 is 0 Å². The van der Waals surface area contributed by atoms with Crippen LogP contribution in [0.4, 0.5) is 0 Å². The van der Waals surface area contributed by atoms with E-state index in [0.29, 0.717) is 0 Å². The SMILES string of the molecule is c1ccc2cc3c(-c4cscc4-c4cc(-c5cscc5-c5cccc6cc7ccccc7cc56)cc(-c5cscc5-c5cccc6cc7ccccc7cc56)c4)cccc3cc2c1. The highest BCUT2D eigenvalue weighted by Crippen LogP contribution is 2.47. The van der Waals surface area contributed by atoms with Crippen molar-refractivity contribution in [3.63, 3.8) is 0 Å². The molecule has 0 aliphatic rings. The van der Waals surface area contributed by atoms with E-state index in [4.69, 9.17) is 0 Å². The molecule has 13 aromatic rings. The van der Waals surface area contributed by atoms with Crippen molar-refractivity contribution in [1.82, 2.24) is 0 Å². The van der Waals surface area contributed by atoms with Crippen molar-refractivity contribution in [2.24, 2.45) is 0 Å². The minimum Gasteiger partial charge on any atom is -0.151 e. The third-order valence-electron chi connectivity index (χ3n) is 13.0. The smallest absolute Gasteiger partial charge is 0.000809 e. The van der Waals surface area contributed by atoms with Crippen LogP contribution in [0.25, 0.3) is 131 Å². The molecule has 0 amide bonds. The Labute approximate surface area is 377 Å². The first kappa shape index (κ1) is 36.5. The van der Waals surface area contributed by atoms with Gasteiger partial charge in [-0.1, -0.05) is 127 Å². The highest BCUT2D eigenvalue weighted by atomic mass is 32.1. The molecule has 0 aliphatic heterocycles. The van der Waals surface area contributed by atoms with E-state index in [-0.39, 0.29) is 0 Å². The maximum atomic E-state index is 2.44. The van der Waals surface area contributed by atoms with E-state index in [1.165, 1.54) is 131 Å². The van der Waals surface area contributed by atoms with Gasteiger partial charge in [-0.15, -0.1) is 0 Å². The summed E-state index contributed by atoms with van der Waals surface area (Å²) in [5.74, 6) is 0. The lowest BCUT2D eigenvalue weighted by atomic mass is 9.87. The highest BCUT2D eigenvalue weighted by Gasteiger charge is 2.20. The molecule has 0 atom stereocenters. The molecule has 0 saturated heterocycles. The van der Waals surface area contributed by atoms with Crippen LogP contribution in [0.1, 0.15) is 0 Å². The fourth-order valence-corrected chi connectivity index (χ4v) is 12.5. The Morgan fingerprint density at radius 3 is 0.746 bits per heavy atom. The molecular formula is C60H36S3. The molecule has 0 saturated carbocycles. The molecule has 63 heavy (non-hydrogen) atoms. The van der Waals surface area contributed by atoms with E-state index in [2.05, 4.69) is 214 Å². The van der Waals surface area contributed by atoms with Gasteiger partial charge in [0, 0.05) is 33.4 Å². The van der Waals surface area contributed by atoms with Crippen LogP contribution < -0.4 is 0 Å². The van der Waals surface area contributed by atoms with Gasteiger partial charge in [0.05, 0.1) is 0 Å². The van der Waals surface area contributed by atoms with E-state index in [1.54, 1.807) is 34.0 Å². The molecule has 3 aromatic heterocycles. The van der Waals surface area contributed by atoms with Crippen LogP contribution in [0.3, 0.4) is 0 Å². The Kier molecular flexibility index (Phi) is 8.55. The average Bonchev–Trinajstić information content (AvgIpc) is 4.14. The second-order valence-electron chi connectivity index (χ2n) is 16.6. The third-order valence-corrected chi connectivity index (χ3v) is 15.2. The zero-order valence-corrected chi connectivity index (χ0v) is 36.5. The van der Waals surface area contributed by atoms with Crippen molar-refractivity contribution >= 4 is 98.6 Å². The van der Waals surface area contributed by atoms with Gasteiger partial charge < -0.3 is 0 Å². The molecule has 0 unspecified atom stereocenters. The molecule has 13 rings (SSSR count). The highest BCUT2D eigenvalue weighted by molar-refractivity contribution is 7.09. The quantitative estimate of drug-likeness (QED) is 0.146. The van der Waals surface area contributed by atoms with Crippen LogP contribution >= 0.6 is 34.0 Å². The lowest BCUT2D eigenvalue weighted by molar-refractivity contribution is 1.61. The van der Waals surface area contributed by atoms with Crippen molar-refractivity contribution < 1.29 is 0 Å². The van der Waals surface area contributed by atoms with Crippen LogP contribution in [0.5, 0.6) is 0 Å². The second-order valence-corrected chi connectivity index (χ2v) is 18.8. The second kappa shape index (κ2) is 14.8. The van der Waals surface area contributed by atoms with Gasteiger partial charge in [0.25, 0.3) is 0 Å². The van der Waals surface area contributed by atoms with Crippen molar-refractivity contribution in [1.29, 1.82) is 0 Å². The van der Waals surface area contributed by atoms with Gasteiger partial charge in [-0.3, -0.25) is 0 Å². The molecule has 3 heteroatoms. The van der Waals surface area contributed by atoms with Crippen molar-refractivity contribution in [2.45, 2.75) is 0 Å². The molecule has 0 fully saturated rings. The van der Waals surface area contributed by atoms with E-state index in [0.717, 1.165) is 0 Å². The number of thiophene rings is 3. The maximum absolute atomic E-state index is 2.44. The normalized spacial score (nSPS) is 11.8. The standard InChI is InChI=1S/C60H36S3/c1-4-13-40-28-52-43(22-37(40)10-1)16-7-19-49(52)58-34-61-31-55(58)46-25-47(56-32-62-35-59(56)50-20-8-17-44-23-38-11-2-5-14-41(38)29-53(44)50)27-48(26-46)57-33-63-36-60(57)51-21-9-18-45-24-39-12-3-6-15-42(39)30-54(45)51/h1-36H. The molecule has 0 spiro atoms. The number of hydrogen-bond acceptors (Lipinski definition) is 3. The maximum Gasteiger partial charge on any atom is 0.000809 e. The van der Waals surface area contributed by atoms with Gasteiger partial charge in [0.2, 0.25) is 0 Å². The summed E-state index contributed by atoms with van der Waals surface area (Å²) in [6.45, 7) is 0. The molecule has 3 heterocycles. The first-order valence-corrected chi connectivity index (χ1v) is 24.1. The van der Waals surface area contributed by atoms with Gasteiger partial charge in [-0.05, 0) is 185 Å². The van der Waals surface area contributed by atoms with Crippen LogP contribution in [-0.2, 0) is 0 Å². The van der Waals surface area contributed by atoms with Gasteiger partial charge in [0.1, 0.15) is 0 Å². The summed E-state index contributed by atoms with van der Waals surface area (Å²) >= 11 is 5.35. The van der Waals surface area contributed by atoms with Crippen LogP contribution in [0.2, 0.25) is 0 Å². The Balaban J connectivity index is 1.03. The Bertz CT molecular complexity index is 3510. The fourth-order valence-electron chi connectivity index (χ4n) is 9.89. The van der Waals surface area contributed by atoms with E-state index < -0.39 is 0 Å². The van der Waals surface area contributed by atoms with Gasteiger partial charge in [0.15, 0.2) is 0 Å². The Morgan fingerprint density at radius 1 is 0.190 bits per heavy atom. The van der Waals surface area contributed by atoms with E-state index in [1.807, 2.05) is 0 Å². The summed E-state index contributed by atoms with van der Waals surface area (Å²) in [5, 5.41) is 29.3. The summed E-state index contributed by atoms with van der Waals surface area (Å²) in [6, 6.07) is 67.8. The lowest BCUT2D eigenvalue weighted by Gasteiger charge is -2.15. The molecule has 0 radical (unpaired) electrons. The molecule has 0 N–H and O–H groups in total. The molecular weight excluding hydrogens is 817 g/mol. The van der Waals surface area contributed by atoms with Crippen molar-refractivity contribution in [3.8, 4) is 66.8 Å². The number of fused-ring (bicyclic) bond motifs is 6. The predicted molar refractivity (Wildman–Crippen MR) is 278 cm³/mol. The van der Waals surface area contributed by atoms with Crippen molar-refractivity contribution in [2.75, 3.05) is 0 Å². The minimum absolute atomic E-state index is 1.22. The summed E-state index contributed by atoms with van der Waals surface area (Å²) in [6.07, 6.45) is 0. The lowest BCUT2D eigenvalue weighted by Crippen LogP contribution is -1.90. The average molecular weight is 853 g/mol. The minimum atomic E-state index is 1.22. The predicted octanol–water partition coefficient (Wildman–Crippen LogP) is 18.8.